The Labute approximate surface area is 108 Å². The lowest BCUT2D eigenvalue weighted by Crippen LogP contribution is -2.05. The molecule has 0 aliphatic heterocycles. The molecule has 1 aliphatic rings. The molecule has 1 aliphatic carbocycles. The Morgan fingerprint density at radius 2 is 1.83 bits per heavy atom. The molecule has 0 atom stereocenters. The molecule has 2 rings (SSSR count). The van der Waals surface area contributed by atoms with Crippen molar-refractivity contribution >= 4 is 12.0 Å². The van der Waals surface area contributed by atoms with Crippen LogP contribution in [0.2, 0.25) is 0 Å². The summed E-state index contributed by atoms with van der Waals surface area (Å²) in [4.78, 5) is 14.9. The highest BCUT2D eigenvalue weighted by molar-refractivity contribution is 5.86. The first-order valence-electron chi connectivity index (χ1n) is 6.48. The van der Waals surface area contributed by atoms with E-state index in [-0.39, 0.29) is 0 Å². The predicted molar refractivity (Wildman–Crippen MR) is 71.6 cm³/mol. The normalized spacial score (nSPS) is 16.9. The molecule has 3 heteroatoms. The van der Waals surface area contributed by atoms with Crippen molar-refractivity contribution in [3.63, 3.8) is 0 Å². The van der Waals surface area contributed by atoms with Gasteiger partial charge in [-0.2, -0.15) is 5.90 Å². The van der Waals surface area contributed by atoms with E-state index in [1.807, 2.05) is 12.1 Å². The molecule has 2 N–H and O–H groups in total. The molecule has 0 spiro atoms. The lowest BCUT2D eigenvalue weighted by molar-refractivity contribution is -0.138. The number of hydrogen-bond acceptors (Lipinski definition) is 3. The fourth-order valence-electron chi connectivity index (χ4n) is 2.52. The molecule has 1 saturated carbocycles. The van der Waals surface area contributed by atoms with Gasteiger partial charge in [0.2, 0.25) is 0 Å². The lowest BCUT2D eigenvalue weighted by Gasteiger charge is -2.21. The van der Waals surface area contributed by atoms with E-state index in [9.17, 15) is 4.79 Å². The molecule has 0 aromatic heterocycles. The third-order valence-corrected chi connectivity index (χ3v) is 3.54. The van der Waals surface area contributed by atoms with Crippen molar-refractivity contribution in [3.05, 3.63) is 41.5 Å². The van der Waals surface area contributed by atoms with E-state index in [1.165, 1.54) is 43.7 Å². The van der Waals surface area contributed by atoms with Crippen LogP contribution in [0.15, 0.2) is 30.3 Å². The van der Waals surface area contributed by atoms with Gasteiger partial charge in [-0.05, 0) is 36.0 Å². The van der Waals surface area contributed by atoms with Crippen LogP contribution in [-0.4, -0.2) is 5.97 Å². The van der Waals surface area contributed by atoms with Crippen molar-refractivity contribution < 1.29 is 9.63 Å². The van der Waals surface area contributed by atoms with Gasteiger partial charge in [-0.1, -0.05) is 43.5 Å². The molecule has 0 amide bonds. The SMILES string of the molecule is NOC(=O)/C=C/c1ccc(C2CCCCC2)cc1. The first-order chi connectivity index (χ1) is 8.79. The van der Waals surface area contributed by atoms with Gasteiger partial charge >= 0.3 is 5.97 Å². The van der Waals surface area contributed by atoms with E-state index >= 15 is 0 Å². The maximum atomic E-state index is 10.9. The van der Waals surface area contributed by atoms with Gasteiger partial charge in [0.05, 0.1) is 0 Å². The van der Waals surface area contributed by atoms with Gasteiger partial charge in [-0.15, -0.1) is 0 Å². The lowest BCUT2D eigenvalue weighted by atomic mass is 9.84. The Morgan fingerprint density at radius 3 is 2.44 bits per heavy atom. The minimum atomic E-state index is -0.536. The van der Waals surface area contributed by atoms with Crippen molar-refractivity contribution in [2.24, 2.45) is 5.90 Å². The highest BCUT2D eigenvalue weighted by atomic mass is 16.7. The number of benzene rings is 1. The average Bonchev–Trinajstić information content (AvgIpc) is 2.46. The average molecular weight is 245 g/mol. The number of rotatable bonds is 3. The van der Waals surface area contributed by atoms with Gasteiger partial charge < -0.3 is 4.84 Å². The zero-order chi connectivity index (χ0) is 12.8. The molecule has 1 fully saturated rings. The molecule has 0 radical (unpaired) electrons. The molecular formula is C15H19NO2. The molecule has 0 saturated heterocycles. The van der Waals surface area contributed by atoms with E-state index in [0.29, 0.717) is 5.92 Å². The summed E-state index contributed by atoms with van der Waals surface area (Å²) in [5, 5.41) is 0. The summed E-state index contributed by atoms with van der Waals surface area (Å²) in [6.07, 6.45) is 9.70. The second kappa shape index (κ2) is 6.36. The van der Waals surface area contributed by atoms with E-state index in [2.05, 4.69) is 17.0 Å². The van der Waals surface area contributed by atoms with E-state index in [1.54, 1.807) is 6.08 Å². The smallest absolute Gasteiger partial charge is 0.349 e. The first kappa shape index (κ1) is 12.8. The second-order valence-corrected chi connectivity index (χ2v) is 4.77. The minimum absolute atomic E-state index is 0.536. The van der Waals surface area contributed by atoms with Crippen molar-refractivity contribution in [1.82, 2.24) is 0 Å². The number of carbonyl (C=O) groups excluding carboxylic acids is 1. The van der Waals surface area contributed by atoms with Crippen LogP contribution in [-0.2, 0) is 9.63 Å². The summed E-state index contributed by atoms with van der Waals surface area (Å²) in [7, 11) is 0. The van der Waals surface area contributed by atoms with Crippen LogP contribution in [0.4, 0.5) is 0 Å². The van der Waals surface area contributed by atoms with Crippen LogP contribution in [0.3, 0.4) is 0 Å². The van der Waals surface area contributed by atoms with E-state index < -0.39 is 5.97 Å². The van der Waals surface area contributed by atoms with Crippen LogP contribution in [0.1, 0.15) is 49.1 Å². The molecule has 18 heavy (non-hydrogen) atoms. The van der Waals surface area contributed by atoms with Gasteiger partial charge in [0.15, 0.2) is 0 Å². The summed E-state index contributed by atoms with van der Waals surface area (Å²) < 4.78 is 0. The van der Waals surface area contributed by atoms with Gasteiger partial charge in [-0.3, -0.25) is 0 Å². The highest BCUT2D eigenvalue weighted by Gasteiger charge is 2.14. The zero-order valence-electron chi connectivity index (χ0n) is 10.5. The Morgan fingerprint density at radius 1 is 1.17 bits per heavy atom. The topological polar surface area (TPSA) is 52.3 Å². The number of hydrogen-bond donors (Lipinski definition) is 1. The van der Waals surface area contributed by atoms with Crippen LogP contribution >= 0.6 is 0 Å². The molecule has 1 aromatic rings. The molecule has 0 heterocycles. The Bertz CT molecular complexity index is 417. The van der Waals surface area contributed by atoms with Crippen LogP contribution in [0.25, 0.3) is 6.08 Å². The van der Waals surface area contributed by atoms with Gasteiger partial charge in [0, 0.05) is 6.08 Å². The van der Waals surface area contributed by atoms with Crippen molar-refractivity contribution in [2.75, 3.05) is 0 Å². The highest BCUT2D eigenvalue weighted by Crippen LogP contribution is 2.32. The summed E-state index contributed by atoms with van der Waals surface area (Å²) in [5.74, 6) is 4.93. The fraction of sp³-hybridized carbons (Fsp3) is 0.400. The molecule has 3 nitrogen and oxygen atoms in total. The third kappa shape index (κ3) is 3.44. The molecule has 0 unspecified atom stereocenters. The van der Waals surface area contributed by atoms with E-state index in [4.69, 9.17) is 5.90 Å². The van der Waals surface area contributed by atoms with Crippen LogP contribution < -0.4 is 5.90 Å². The van der Waals surface area contributed by atoms with Crippen molar-refractivity contribution in [3.8, 4) is 0 Å². The fourth-order valence-corrected chi connectivity index (χ4v) is 2.52. The monoisotopic (exact) mass is 245 g/mol. The minimum Gasteiger partial charge on any atom is -0.370 e. The number of nitrogens with two attached hydrogens (primary N) is 1. The molecule has 1 aromatic carbocycles. The van der Waals surface area contributed by atoms with Crippen molar-refractivity contribution in [1.29, 1.82) is 0 Å². The van der Waals surface area contributed by atoms with Crippen molar-refractivity contribution in [2.45, 2.75) is 38.0 Å². The zero-order valence-corrected chi connectivity index (χ0v) is 10.5. The molecule has 96 valence electrons. The Kier molecular flexibility index (Phi) is 4.53. The summed E-state index contributed by atoms with van der Waals surface area (Å²) in [6, 6.07) is 8.38. The standard InChI is InChI=1S/C15H19NO2/c16-18-15(17)11-8-12-6-9-14(10-7-12)13-4-2-1-3-5-13/h6-11,13H,1-5,16H2/b11-8+. The van der Waals surface area contributed by atoms with Crippen LogP contribution in [0.5, 0.6) is 0 Å². The summed E-state index contributed by atoms with van der Waals surface area (Å²) in [6.45, 7) is 0. The number of carbonyl (C=O) groups is 1. The Balaban J connectivity index is 2.00. The first-order valence-corrected chi connectivity index (χ1v) is 6.48. The maximum absolute atomic E-state index is 10.9. The largest absolute Gasteiger partial charge is 0.370 e. The van der Waals surface area contributed by atoms with Crippen LogP contribution in [0, 0.1) is 0 Å². The third-order valence-electron chi connectivity index (χ3n) is 3.54. The predicted octanol–water partition coefficient (Wildman–Crippen LogP) is 3.16. The Hall–Kier alpha value is -1.61. The summed E-state index contributed by atoms with van der Waals surface area (Å²) >= 11 is 0. The molecular weight excluding hydrogens is 226 g/mol. The quantitative estimate of drug-likeness (QED) is 0.657. The van der Waals surface area contributed by atoms with Gasteiger partial charge in [0.1, 0.15) is 0 Å². The van der Waals surface area contributed by atoms with Gasteiger partial charge in [0.25, 0.3) is 0 Å². The molecule has 0 bridgehead atoms. The van der Waals surface area contributed by atoms with E-state index in [0.717, 1.165) is 5.56 Å². The summed E-state index contributed by atoms with van der Waals surface area (Å²) in [5.41, 5.74) is 2.40. The van der Waals surface area contributed by atoms with Gasteiger partial charge in [-0.25, -0.2) is 4.79 Å². The second-order valence-electron chi connectivity index (χ2n) is 4.77. The maximum Gasteiger partial charge on any atom is 0.349 e.